The molecule has 0 amide bonds. The summed E-state index contributed by atoms with van der Waals surface area (Å²) in [5.74, 6) is -0.770. The molecule has 0 spiro atoms. The van der Waals surface area contributed by atoms with Crippen LogP contribution in [-0.4, -0.2) is 38.7 Å². The Kier molecular flexibility index (Phi) is 16.7. The Balaban J connectivity index is 0. The fraction of sp³-hybridized carbons (Fsp3) is 1.00. The van der Waals surface area contributed by atoms with Crippen molar-refractivity contribution in [1.29, 1.82) is 0 Å². The Bertz CT molecular complexity index is 256. The summed E-state index contributed by atoms with van der Waals surface area (Å²) in [7, 11) is -4.26. The second-order valence-electron chi connectivity index (χ2n) is 3.96. The van der Waals surface area contributed by atoms with Crippen molar-refractivity contribution >= 4 is 10.1 Å². The van der Waals surface area contributed by atoms with E-state index in [9.17, 15) is 13.0 Å². The van der Waals surface area contributed by atoms with Crippen molar-refractivity contribution in [2.75, 3.05) is 25.8 Å². The van der Waals surface area contributed by atoms with Gasteiger partial charge in [0.1, 0.15) is 16.1 Å². The Morgan fingerprint density at radius 3 is 2.06 bits per heavy atom. The summed E-state index contributed by atoms with van der Waals surface area (Å²) in [5, 5.41) is 0. The molecule has 0 bridgehead atoms. The van der Waals surface area contributed by atoms with Crippen LogP contribution in [0.3, 0.4) is 0 Å². The Hall–Kier alpha value is 0.830. The second-order valence-corrected chi connectivity index (χ2v) is 5.31. The van der Waals surface area contributed by atoms with Crippen LogP contribution in [0.1, 0.15) is 45.4 Å². The molecule has 0 radical (unpaired) electrons. The fourth-order valence-corrected chi connectivity index (χ4v) is 1.69. The van der Waals surface area contributed by atoms with Crippen molar-refractivity contribution in [2.45, 2.75) is 45.4 Å². The van der Waals surface area contributed by atoms with Gasteiger partial charge in [-0.3, -0.25) is 0 Å². The smallest absolute Gasteiger partial charge is 0.746 e. The van der Waals surface area contributed by atoms with E-state index in [4.69, 9.17) is 4.74 Å². The van der Waals surface area contributed by atoms with Gasteiger partial charge in [0.2, 0.25) is 0 Å². The van der Waals surface area contributed by atoms with Crippen molar-refractivity contribution in [1.82, 2.24) is 0 Å². The monoisotopic (exact) mass is 290 g/mol. The normalized spacial score (nSPS) is 11.2. The Morgan fingerprint density at radius 1 is 0.889 bits per heavy atom. The molecule has 0 aromatic heterocycles. The molecule has 0 atom stereocenters. The van der Waals surface area contributed by atoms with Gasteiger partial charge < -0.3 is 14.0 Å². The van der Waals surface area contributed by atoms with E-state index in [-0.39, 0.29) is 36.2 Å². The van der Waals surface area contributed by atoms with E-state index in [1.54, 1.807) is 0 Å². The van der Waals surface area contributed by atoms with Gasteiger partial charge in [0.25, 0.3) is 0 Å². The molecule has 0 aromatic carbocycles. The molecule has 0 aliphatic rings. The molecular formula is C11H23NaO5S. The summed E-state index contributed by atoms with van der Waals surface area (Å²) in [5.41, 5.74) is 0. The molecule has 0 aliphatic heterocycles. The van der Waals surface area contributed by atoms with Gasteiger partial charge in [-0.2, -0.15) is 0 Å². The molecule has 0 aromatic rings. The third kappa shape index (κ3) is 19.2. The van der Waals surface area contributed by atoms with Gasteiger partial charge in [-0.15, -0.1) is 0 Å². The van der Waals surface area contributed by atoms with Crippen LogP contribution in [0.15, 0.2) is 0 Å². The second kappa shape index (κ2) is 14.2. The zero-order chi connectivity index (χ0) is 13.0. The first-order valence-corrected chi connectivity index (χ1v) is 7.73. The molecule has 0 saturated carbocycles. The molecule has 0 N–H and O–H groups in total. The van der Waals surface area contributed by atoms with Gasteiger partial charge in [-0.05, 0) is 6.42 Å². The van der Waals surface area contributed by atoms with E-state index in [1.165, 1.54) is 25.7 Å². The largest absolute Gasteiger partial charge is 1.00 e. The summed E-state index contributed by atoms with van der Waals surface area (Å²) >= 11 is 0. The molecule has 5 nitrogen and oxygen atoms in total. The average molecular weight is 290 g/mol. The molecule has 0 heterocycles. The Morgan fingerprint density at radius 2 is 1.44 bits per heavy atom. The van der Waals surface area contributed by atoms with Crippen LogP contribution in [0, 0.1) is 0 Å². The van der Waals surface area contributed by atoms with Gasteiger partial charge in [0.15, 0.2) is 0 Å². The summed E-state index contributed by atoms with van der Waals surface area (Å²) in [4.78, 5) is 0. The SMILES string of the molecule is CCCCCCCCOCCOCS(=O)(=O)[O-].[Na+]. The topological polar surface area (TPSA) is 75.7 Å². The van der Waals surface area contributed by atoms with Gasteiger partial charge in [0, 0.05) is 6.61 Å². The third-order valence-corrected chi connectivity index (χ3v) is 2.70. The maximum atomic E-state index is 10.2. The van der Waals surface area contributed by atoms with Crippen LogP contribution in [0.25, 0.3) is 0 Å². The number of ether oxygens (including phenoxy) is 2. The summed E-state index contributed by atoms with van der Waals surface area (Å²) in [6.45, 7) is 3.34. The maximum absolute atomic E-state index is 10.2. The first kappa shape index (κ1) is 21.1. The minimum atomic E-state index is -4.26. The number of rotatable bonds is 12. The Labute approximate surface area is 133 Å². The average Bonchev–Trinajstić information content (AvgIpc) is 2.24. The predicted molar refractivity (Wildman–Crippen MR) is 64.7 cm³/mol. The van der Waals surface area contributed by atoms with E-state index >= 15 is 0 Å². The van der Waals surface area contributed by atoms with Gasteiger partial charge >= 0.3 is 29.6 Å². The maximum Gasteiger partial charge on any atom is 1.00 e. The molecule has 18 heavy (non-hydrogen) atoms. The summed E-state index contributed by atoms with van der Waals surface area (Å²) in [6, 6.07) is 0. The van der Waals surface area contributed by atoms with E-state index in [1.807, 2.05) is 0 Å². The standard InChI is InChI=1S/C11H24O5S.Na/c1-2-3-4-5-6-7-8-15-9-10-16-11-17(12,13)14;/h2-11H2,1H3,(H,12,13,14);/q;+1/p-1. The zero-order valence-electron chi connectivity index (χ0n) is 11.5. The summed E-state index contributed by atoms with van der Waals surface area (Å²) in [6.07, 6.45) is 7.23. The number of unbranched alkanes of at least 4 members (excludes halogenated alkanes) is 5. The summed E-state index contributed by atoms with van der Waals surface area (Å²) < 4.78 is 40.4. The van der Waals surface area contributed by atoms with E-state index in [0.29, 0.717) is 13.2 Å². The molecule has 7 heteroatoms. The van der Waals surface area contributed by atoms with Crippen LogP contribution in [0.2, 0.25) is 0 Å². The van der Waals surface area contributed by atoms with Crippen LogP contribution in [0.5, 0.6) is 0 Å². The molecule has 0 fully saturated rings. The molecule has 0 rings (SSSR count). The van der Waals surface area contributed by atoms with Crippen LogP contribution in [0.4, 0.5) is 0 Å². The minimum absolute atomic E-state index is 0. The minimum Gasteiger partial charge on any atom is -0.746 e. The zero-order valence-corrected chi connectivity index (χ0v) is 14.3. The van der Waals surface area contributed by atoms with Crippen LogP contribution < -0.4 is 29.6 Å². The van der Waals surface area contributed by atoms with Crippen molar-refractivity contribution < 1.29 is 52.0 Å². The van der Waals surface area contributed by atoms with Crippen LogP contribution >= 0.6 is 0 Å². The van der Waals surface area contributed by atoms with E-state index in [2.05, 4.69) is 11.7 Å². The molecule has 104 valence electrons. The van der Waals surface area contributed by atoms with Crippen molar-refractivity contribution in [3.8, 4) is 0 Å². The molecule has 0 unspecified atom stereocenters. The van der Waals surface area contributed by atoms with E-state index < -0.39 is 16.1 Å². The quantitative estimate of drug-likeness (QED) is 0.259. The molecule has 0 saturated heterocycles. The molecule has 0 aliphatic carbocycles. The van der Waals surface area contributed by atoms with Gasteiger partial charge in [-0.25, -0.2) is 8.42 Å². The van der Waals surface area contributed by atoms with Gasteiger partial charge in [-0.1, -0.05) is 39.0 Å². The predicted octanol–water partition coefficient (Wildman–Crippen LogP) is -1.11. The third-order valence-electron chi connectivity index (χ3n) is 2.24. The van der Waals surface area contributed by atoms with E-state index in [0.717, 1.165) is 12.8 Å². The van der Waals surface area contributed by atoms with Crippen LogP contribution in [-0.2, 0) is 19.6 Å². The number of hydrogen-bond donors (Lipinski definition) is 0. The number of hydrogen-bond acceptors (Lipinski definition) is 5. The van der Waals surface area contributed by atoms with Crippen molar-refractivity contribution in [2.24, 2.45) is 0 Å². The molecular weight excluding hydrogens is 267 g/mol. The first-order chi connectivity index (χ1) is 8.06. The first-order valence-electron chi connectivity index (χ1n) is 6.15. The van der Waals surface area contributed by atoms with Gasteiger partial charge in [0.05, 0.1) is 13.2 Å². The van der Waals surface area contributed by atoms with Crippen molar-refractivity contribution in [3.05, 3.63) is 0 Å². The van der Waals surface area contributed by atoms with Crippen molar-refractivity contribution in [3.63, 3.8) is 0 Å². The fourth-order valence-electron chi connectivity index (χ4n) is 1.37.